The first-order valence-corrected chi connectivity index (χ1v) is 13.4. The summed E-state index contributed by atoms with van der Waals surface area (Å²) in [4.78, 5) is 4.50. The van der Waals surface area contributed by atoms with Crippen LogP contribution in [0.1, 0.15) is 11.1 Å². The van der Waals surface area contributed by atoms with E-state index in [4.69, 9.17) is 0 Å². The molecule has 0 saturated heterocycles. The Hall–Kier alpha value is -0.601. The van der Waals surface area contributed by atoms with Crippen molar-refractivity contribution in [2.75, 3.05) is 28.2 Å². The molecule has 2 rings (SSSR count). The predicted molar refractivity (Wildman–Crippen MR) is 98.4 cm³/mol. The van der Waals surface area contributed by atoms with E-state index in [0.29, 0.717) is 26.3 Å². The Balaban J connectivity index is 2.10. The fourth-order valence-electron chi connectivity index (χ4n) is 2.20. The quantitative estimate of drug-likeness (QED) is 0.612. The van der Waals surface area contributed by atoms with Crippen molar-refractivity contribution in [3.8, 4) is 0 Å². The summed E-state index contributed by atoms with van der Waals surface area (Å²) in [6.45, 7) is 2.07. The summed E-state index contributed by atoms with van der Waals surface area (Å²) in [5.74, 6) is 0. The van der Waals surface area contributed by atoms with E-state index in [9.17, 15) is 0 Å². The van der Waals surface area contributed by atoms with Gasteiger partial charge in [-0.15, -0.1) is 0 Å². The van der Waals surface area contributed by atoms with Gasteiger partial charge in [0.1, 0.15) is 0 Å². The van der Waals surface area contributed by atoms with Crippen LogP contribution in [-0.2, 0) is 13.1 Å². The predicted octanol–water partition coefficient (Wildman–Crippen LogP) is 1.08. The van der Waals surface area contributed by atoms with Gasteiger partial charge in [0.25, 0.3) is 0 Å². The summed E-state index contributed by atoms with van der Waals surface area (Å²) in [6.07, 6.45) is 0. The topological polar surface area (TPSA) is 6.48 Å². The van der Waals surface area contributed by atoms with Crippen molar-refractivity contribution >= 4 is 35.2 Å². The molecule has 0 aliphatic heterocycles. The second-order valence-corrected chi connectivity index (χ2v) is 12.0. The SMILES string of the molecule is CN(C)Cc1ccccc1[Se][Se]c1ccccc1CN(C)C. The van der Waals surface area contributed by atoms with E-state index in [1.807, 2.05) is 0 Å². The van der Waals surface area contributed by atoms with E-state index in [1.165, 1.54) is 11.1 Å². The van der Waals surface area contributed by atoms with Crippen molar-refractivity contribution in [2.45, 2.75) is 13.1 Å². The fraction of sp³-hybridized carbons (Fsp3) is 0.333. The summed E-state index contributed by atoms with van der Waals surface area (Å²) in [7, 11) is 8.56. The Kier molecular flexibility index (Phi) is 7.17. The van der Waals surface area contributed by atoms with E-state index in [2.05, 4.69) is 86.5 Å². The molecule has 2 aromatic rings. The minimum atomic E-state index is 0.544. The molecular weight excluding hydrogens is 402 g/mol. The monoisotopic (exact) mass is 428 g/mol. The van der Waals surface area contributed by atoms with Gasteiger partial charge in [-0.3, -0.25) is 0 Å². The van der Waals surface area contributed by atoms with Crippen LogP contribution in [0.2, 0.25) is 0 Å². The van der Waals surface area contributed by atoms with Gasteiger partial charge in [-0.05, 0) is 0 Å². The summed E-state index contributed by atoms with van der Waals surface area (Å²) in [6, 6.07) is 17.9. The summed E-state index contributed by atoms with van der Waals surface area (Å²) >= 11 is 1.09. The zero-order chi connectivity index (χ0) is 15.9. The van der Waals surface area contributed by atoms with E-state index in [0.717, 1.165) is 13.1 Å². The van der Waals surface area contributed by atoms with Crippen LogP contribution in [0.4, 0.5) is 0 Å². The van der Waals surface area contributed by atoms with Crippen LogP contribution in [0.25, 0.3) is 0 Å². The Bertz CT molecular complexity index is 544. The summed E-state index contributed by atoms with van der Waals surface area (Å²) in [5, 5.41) is 0. The molecule has 22 heavy (non-hydrogen) atoms. The summed E-state index contributed by atoms with van der Waals surface area (Å²) < 4.78 is 3.12. The minimum absolute atomic E-state index is 0.544. The first-order chi connectivity index (χ1) is 10.6. The van der Waals surface area contributed by atoms with Crippen LogP contribution in [-0.4, -0.2) is 64.3 Å². The third-order valence-electron chi connectivity index (χ3n) is 3.14. The molecule has 0 fully saturated rings. The van der Waals surface area contributed by atoms with E-state index in [-0.39, 0.29) is 0 Å². The average molecular weight is 426 g/mol. The van der Waals surface area contributed by atoms with Gasteiger partial charge in [0.05, 0.1) is 0 Å². The van der Waals surface area contributed by atoms with Crippen molar-refractivity contribution in [3.63, 3.8) is 0 Å². The van der Waals surface area contributed by atoms with Gasteiger partial charge in [-0.1, -0.05) is 0 Å². The second-order valence-electron chi connectivity index (χ2n) is 5.86. The molecule has 0 saturated carbocycles. The number of hydrogen-bond donors (Lipinski definition) is 0. The Labute approximate surface area is 145 Å². The number of benzene rings is 2. The first kappa shape index (κ1) is 17.7. The molecule has 0 spiro atoms. The maximum absolute atomic E-state index is 2.31. The molecular formula is C18H24N2Se2. The Morgan fingerprint density at radius 2 is 1.00 bits per heavy atom. The van der Waals surface area contributed by atoms with Gasteiger partial charge in [0.2, 0.25) is 0 Å². The molecule has 0 aromatic heterocycles. The number of nitrogens with zero attached hydrogens (tertiary/aromatic N) is 2. The van der Waals surface area contributed by atoms with Crippen LogP contribution in [0, 0.1) is 0 Å². The average Bonchev–Trinajstić information content (AvgIpc) is 2.46. The molecule has 0 aliphatic rings. The van der Waals surface area contributed by atoms with Crippen LogP contribution >= 0.6 is 0 Å². The molecule has 0 radical (unpaired) electrons. The number of rotatable bonds is 7. The van der Waals surface area contributed by atoms with Crippen molar-refractivity contribution in [2.24, 2.45) is 0 Å². The van der Waals surface area contributed by atoms with Crippen LogP contribution in [0.5, 0.6) is 0 Å². The van der Waals surface area contributed by atoms with Gasteiger partial charge >= 0.3 is 146 Å². The molecule has 0 bridgehead atoms. The second kappa shape index (κ2) is 8.88. The van der Waals surface area contributed by atoms with Gasteiger partial charge < -0.3 is 0 Å². The third-order valence-corrected chi connectivity index (χ3v) is 10.6. The van der Waals surface area contributed by atoms with Gasteiger partial charge in [-0.25, -0.2) is 0 Å². The molecule has 2 aromatic carbocycles. The van der Waals surface area contributed by atoms with Crippen LogP contribution < -0.4 is 8.92 Å². The third kappa shape index (κ3) is 5.55. The maximum atomic E-state index is 2.31. The van der Waals surface area contributed by atoms with Crippen molar-refractivity contribution in [1.82, 2.24) is 9.80 Å². The van der Waals surface area contributed by atoms with Crippen LogP contribution in [0.3, 0.4) is 0 Å². The van der Waals surface area contributed by atoms with Gasteiger partial charge in [0, 0.05) is 0 Å². The van der Waals surface area contributed by atoms with Crippen molar-refractivity contribution in [1.29, 1.82) is 0 Å². The molecule has 0 heterocycles. The van der Waals surface area contributed by atoms with E-state index >= 15 is 0 Å². The molecule has 4 heteroatoms. The molecule has 0 unspecified atom stereocenters. The Morgan fingerprint density at radius 1 is 0.636 bits per heavy atom. The van der Waals surface area contributed by atoms with Gasteiger partial charge in [-0.2, -0.15) is 0 Å². The first-order valence-electron chi connectivity index (χ1n) is 7.36. The van der Waals surface area contributed by atoms with E-state index in [1.54, 1.807) is 8.92 Å². The molecule has 2 nitrogen and oxygen atoms in total. The van der Waals surface area contributed by atoms with Gasteiger partial charge in [0.15, 0.2) is 0 Å². The summed E-state index contributed by atoms with van der Waals surface area (Å²) in [5.41, 5.74) is 2.97. The normalized spacial score (nSPS) is 11.4. The zero-order valence-corrected chi connectivity index (χ0v) is 17.2. The van der Waals surface area contributed by atoms with Crippen LogP contribution in [0.15, 0.2) is 48.5 Å². The molecule has 0 atom stereocenters. The Morgan fingerprint density at radius 3 is 1.36 bits per heavy atom. The van der Waals surface area contributed by atoms with Crippen molar-refractivity contribution < 1.29 is 0 Å². The van der Waals surface area contributed by atoms with Crippen molar-refractivity contribution in [3.05, 3.63) is 59.7 Å². The molecule has 0 aliphatic carbocycles. The fourth-order valence-corrected chi connectivity index (χ4v) is 9.65. The molecule has 0 amide bonds. The van der Waals surface area contributed by atoms with E-state index < -0.39 is 0 Å². The molecule has 0 N–H and O–H groups in total. The molecule has 118 valence electrons. The number of hydrogen-bond acceptors (Lipinski definition) is 2. The standard InChI is InChI=1S/C18H24N2Se2/c1-19(2)13-15-9-5-7-11-17(15)21-22-18-12-8-6-10-16(18)14-20(3)4/h5-12H,13-14H2,1-4H3. The zero-order valence-electron chi connectivity index (χ0n) is 13.7.